The standard InChI is InChI=1S/C16H14FNO3/c1-10-6-7-11(17)8-12(10)18-16(19)15-9-20-13-4-2-3-5-14(13)21-15/h2-8,15H,9H2,1H3,(H,18,19). The highest BCUT2D eigenvalue weighted by atomic mass is 19.1. The second kappa shape index (κ2) is 5.44. The van der Waals surface area contributed by atoms with E-state index in [4.69, 9.17) is 9.47 Å². The molecule has 0 aliphatic carbocycles. The molecule has 1 heterocycles. The normalized spacial score (nSPS) is 16.4. The van der Waals surface area contributed by atoms with Crippen molar-refractivity contribution in [2.24, 2.45) is 0 Å². The molecular weight excluding hydrogens is 273 g/mol. The van der Waals surface area contributed by atoms with Gasteiger partial charge in [-0.3, -0.25) is 4.79 Å². The van der Waals surface area contributed by atoms with Crippen molar-refractivity contribution in [2.45, 2.75) is 13.0 Å². The topological polar surface area (TPSA) is 47.6 Å². The minimum atomic E-state index is -0.762. The van der Waals surface area contributed by atoms with Crippen molar-refractivity contribution in [3.63, 3.8) is 0 Å². The molecule has 0 radical (unpaired) electrons. The van der Waals surface area contributed by atoms with Crippen molar-refractivity contribution in [2.75, 3.05) is 11.9 Å². The molecule has 5 heteroatoms. The van der Waals surface area contributed by atoms with Gasteiger partial charge >= 0.3 is 0 Å². The molecule has 0 saturated heterocycles. The van der Waals surface area contributed by atoms with Gasteiger partial charge in [-0.2, -0.15) is 0 Å². The number of anilines is 1. The number of fused-ring (bicyclic) bond motifs is 1. The largest absolute Gasteiger partial charge is 0.485 e. The Morgan fingerprint density at radius 1 is 1.24 bits per heavy atom. The Hall–Kier alpha value is -2.56. The van der Waals surface area contributed by atoms with E-state index >= 15 is 0 Å². The Labute approximate surface area is 121 Å². The summed E-state index contributed by atoms with van der Waals surface area (Å²) in [6, 6.07) is 11.4. The maximum Gasteiger partial charge on any atom is 0.269 e. The first-order chi connectivity index (χ1) is 10.1. The molecule has 21 heavy (non-hydrogen) atoms. The first-order valence-corrected chi connectivity index (χ1v) is 6.59. The summed E-state index contributed by atoms with van der Waals surface area (Å²) in [4.78, 5) is 12.2. The Kier molecular flexibility index (Phi) is 3.48. The highest BCUT2D eigenvalue weighted by Gasteiger charge is 2.27. The van der Waals surface area contributed by atoms with E-state index in [0.717, 1.165) is 5.56 Å². The van der Waals surface area contributed by atoms with E-state index in [1.54, 1.807) is 31.2 Å². The van der Waals surface area contributed by atoms with Gasteiger partial charge in [0.2, 0.25) is 6.10 Å². The summed E-state index contributed by atoms with van der Waals surface area (Å²) in [6.07, 6.45) is -0.762. The molecule has 1 amide bonds. The maximum atomic E-state index is 13.2. The van der Waals surface area contributed by atoms with Crippen LogP contribution in [0.2, 0.25) is 0 Å². The predicted octanol–water partition coefficient (Wildman–Crippen LogP) is 2.91. The molecule has 1 unspecified atom stereocenters. The SMILES string of the molecule is Cc1ccc(F)cc1NC(=O)C1COc2ccccc2O1. The number of rotatable bonds is 2. The number of halogens is 1. The third kappa shape index (κ3) is 2.81. The minimum absolute atomic E-state index is 0.122. The van der Waals surface area contributed by atoms with Gasteiger partial charge in [-0.15, -0.1) is 0 Å². The number of amides is 1. The molecule has 1 aliphatic rings. The van der Waals surface area contributed by atoms with E-state index in [9.17, 15) is 9.18 Å². The van der Waals surface area contributed by atoms with Crippen LogP contribution in [0.3, 0.4) is 0 Å². The fourth-order valence-corrected chi connectivity index (χ4v) is 2.09. The van der Waals surface area contributed by atoms with Crippen LogP contribution in [0.15, 0.2) is 42.5 Å². The van der Waals surface area contributed by atoms with Crippen molar-refractivity contribution < 1.29 is 18.7 Å². The van der Waals surface area contributed by atoms with Gasteiger partial charge < -0.3 is 14.8 Å². The van der Waals surface area contributed by atoms with E-state index in [0.29, 0.717) is 17.2 Å². The lowest BCUT2D eigenvalue weighted by Crippen LogP contribution is -2.40. The summed E-state index contributed by atoms with van der Waals surface area (Å²) < 4.78 is 24.3. The zero-order chi connectivity index (χ0) is 14.8. The van der Waals surface area contributed by atoms with Crippen LogP contribution in [0.1, 0.15) is 5.56 Å². The molecule has 1 atom stereocenters. The number of hydrogen-bond donors (Lipinski definition) is 1. The Balaban J connectivity index is 1.74. The van der Waals surface area contributed by atoms with Gasteiger partial charge in [0.05, 0.1) is 0 Å². The number of ether oxygens (including phenoxy) is 2. The first-order valence-electron chi connectivity index (χ1n) is 6.59. The summed E-state index contributed by atoms with van der Waals surface area (Å²) in [5.41, 5.74) is 1.21. The summed E-state index contributed by atoms with van der Waals surface area (Å²) in [5.74, 6) is 0.378. The van der Waals surface area contributed by atoms with Crippen molar-refractivity contribution in [3.8, 4) is 11.5 Å². The lowest BCUT2D eigenvalue weighted by molar-refractivity contribution is -0.125. The van der Waals surface area contributed by atoms with Gasteiger partial charge in [-0.25, -0.2) is 4.39 Å². The molecule has 0 aromatic heterocycles. The van der Waals surface area contributed by atoms with Gasteiger partial charge in [-0.05, 0) is 36.8 Å². The zero-order valence-electron chi connectivity index (χ0n) is 11.4. The highest BCUT2D eigenvalue weighted by molar-refractivity contribution is 5.95. The molecule has 0 saturated carbocycles. The maximum absolute atomic E-state index is 13.2. The van der Waals surface area contributed by atoms with Crippen LogP contribution in [0, 0.1) is 12.7 Å². The molecule has 108 valence electrons. The molecule has 0 fully saturated rings. The average Bonchev–Trinajstić information content (AvgIpc) is 2.50. The van der Waals surface area contributed by atoms with E-state index in [2.05, 4.69) is 5.32 Å². The highest BCUT2D eigenvalue weighted by Crippen LogP contribution is 2.31. The van der Waals surface area contributed by atoms with Crippen LogP contribution in [-0.2, 0) is 4.79 Å². The van der Waals surface area contributed by atoms with Crippen molar-refractivity contribution in [1.82, 2.24) is 0 Å². The first kappa shape index (κ1) is 13.4. The van der Waals surface area contributed by atoms with E-state index in [1.165, 1.54) is 12.1 Å². The predicted molar refractivity (Wildman–Crippen MR) is 76.1 cm³/mol. The molecule has 0 bridgehead atoms. The molecule has 2 aromatic carbocycles. The van der Waals surface area contributed by atoms with Crippen LogP contribution in [0.25, 0.3) is 0 Å². The summed E-state index contributed by atoms with van der Waals surface area (Å²) in [5, 5.41) is 2.67. The number of nitrogens with one attached hydrogen (secondary N) is 1. The monoisotopic (exact) mass is 287 g/mol. The summed E-state index contributed by atoms with van der Waals surface area (Å²) in [7, 11) is 0. The quantitative estimate of drug-likeness (QED) is 0.924. The van der Waals surface area contributed by atoms with Crippen LogP contribution < -0.4 is 14.8 Å². The second-order valence-electron chi connectivity index (χ2n) is 4.81. The summed E-state index contributed by atoms with van der Waals surface area (Å²) >= 11 is 0. The van der Waals surface area contributed by atoms with Gasteiger partial charge in [0.1, 0.15) is 12.4 Å². The van der Waals surface area contributed by atoms with Crippen LogP contribution in [-0.4, -0.2) is 18.6 Å². The van der Waals surface area contributed by atoms with Gasteiger partial charge in [0.15, 0.2) is 11.5 Å². The van der Waals surface area contributed by atoms with Crippen LogP contribution in [0.5, 0.6) is 11.5 Å². The van der Waals surface area contributed by atoms with Crippen molar-refractivity contribution >= 4 is 11.6 Å². The lowest BCUT2D eigenvalue weighted by atomic mass is 10.2. The molecule has 2 aromatic rings. The molecular formula is C16H14FNO3. The Bertz CT molecular complexity index is 687. The van der Waals surface area contributed by atoms with E-state index in [-0.39, 0.29) is 12.5 Å². The summed E-state index contributed by atoms with van der Waals surface area (Å²) in [6.45, 7) is 1.92. The lowest BCUT2D eigenvalue weighted by Gasteiger charge is -2.25. The third-order valence-electron chi connectivity index (χ3n) is 3.26. The smallest absolute Gasteiger partial charge is 0.269 e. The Morgan fingerprint density at radius 3 is 2.81 bits per heavy atom. The fraction of sp³-hybridized carbons (Fsp3) is 0.188. The number of carbonyl (C=O) groups is 1. The number of aryl methyl sites for hydroxylation is 1. The van der Waals surface area contributed by atoms with Gasteiger partial charge in [-0.1, -0.05) is 18.2 Å². The number of hydrogen-bond acceptors (Lipinski definition) is 3. The van der Waals surface area contributed by atoms with E-state index in [1.807, 2.05) is 6.07 Å². The number of benzene rings is 2. The van der Waals surface area contributed by atoms with Gasteiger partial charge in [0, 0.05) is 5.69 Å². The fourth-order valence-electron chi connectivity index (χ4n) is 2.09. The van der Waals surface area contributed by atoms with Crippen molar-refractivity contribution in [3.05, 3.63) is 53.8 Å². The molecule has 1 N–H and O–H groups in total. The molecule has 3 rings (SSSR count). The minimum Gasteiger partial charge on any atom is -0.485 e. The van der Waals surface area contributed by atoms with Crippen LogP contribution in [0.4, 0.5) is 10.1 Å². The average molecular weight is 287 g/mol. The number of carbonyl (C=O) groups excluding carboxylic acids is 1. The zero-order valence-corrected chi connectivity index (χ0v) is 11.4. The van der Waals surface area contributed by atoms with Crippen LogP contribution >= 0.6 is 0 Å². The Morgan fingerprint density at radius 2 is 2.00 bits per heavy atom. The second-order valence-corrected chi connectivity index (χ2v) is 4.81. The van der Waals surface area contributed by atoms with Gasteiger partial charge in [0.25, 0.3) is 5.91 Å². The molecule has 4 nitrogen and oxygen atoms in total. The number of para-hydroxylation sites is 2. The molecule has 1 aliphatic heterocycles. The third-order valence-corrected chi connectivity index (χ3v) is 3.26. The van der Waals surface area contributed by atoms with Crippen molar-refractivity contribution in [1.29, 1.82) is 0 Å². The van der Waals surface area contributed by atoms with E-state index < -0.39 is 11.9 Å². The molecule has 0 spiro atoms.